The zero-order valence-electron chi connectivity index (χ0n) is 10.7. The van der Waals surface area contributed by atoms with Crippen molar-refractivity contribution < 1.29 is 13.2 Å². The lowest BCUT2D eigenvalue weighted by Crippen LogP contribution is -2.41. The van der Waals surface area contributed by atoms with E-state index in [1.54, 1.807) is 7.05 Å². The maximum atomic E-state index is 11.8. The van der Waals surface area contributed by atoms with E-state index < -0.39 is 10.0 Å². The van der Waals surface area contributed by atoms with Crippen molar-refractivity contribution in [3.8, 4) is 0 Å². The molecule has 0 aliphatic heterocycles. The monoisotopic (exact) mass is 252 g/mol. The van der Waals surface area contributed by atoms with Crippen LogP contribution in [0.4, 0.5) is 0 Å². The van der Waals surface area contributed by atoms with Gasteiger partial charge in [0.25, 0.3) is 0 Å². The molecule has 0 fully saturated rings. The summed E-state index contributed by atoms with van der Waals surface area (Å²) >= 11 is 0. The van der Waals surface area contributed by atoms with Gasteiger partial charge in [-0.2, -0.15) is 0 Å². The molecule has 0 amide bonds. The van der Waals surface area contributed by atoms with Crippen molar-refractivity contribution in [3.05, 3.63) is 0 Å². The molecule has 0 aliphatic carbocycles. The molecule has 0 spiro atoms. The third-order valence-corrected chi connectivity index (χ3v) is 4.13. The molecule has 0 aromatic carbocycles. The van der Waals surface area contributed by atoms with E-state index in [9.17, 15) is 8.42 Å². The molecule has 0 radical (unpaired) electrons. The van der Waals surface area contributed by atoms with Gasteiger partial charge in [0.1, 0.15) is 0 Å². The molecule has 0 rings (SSSR count). The molecule has 2 N–H and O–H groups in total. The first kappa shape index (κ1) is 15.8. The maximum Gasteiger partial charge on any atom is 0.216 e. The lowest BCUT2D eigenvalue weighted by molar-refractivity contribution is 0.162. The van der Waals surface area contributed by atoms with Crippen molar-refractivity contribution in [1.29, 1.82) is 0 Å². The second-order valence-corrected chi connectivity index (χ2v) is 6.83. The highest BCUT2D eigenvalue weighted by atomic mass is 32.2. The summed E-state index contributed by atoms with van der Waals surface area (Å²) in [5.41, 5.74) is 5.37. The minimum absolute atomic E-state index is 0.0258. The van der Waals surface area contributed by atoms with Crippen molar-refractivity contribution in [1.82, 2.24) is 4.31 Å². The highest BCUT2D eigenvalue weighted by Gasteiger charge is 2.25. The summed E-state index contributed by atoms with van der Waals surface area (Å²) in [4.78, 5) is 0. The predicted octanol–water partition coefficient (Wildman–Crippen LogP) is 0.269. The number of sulfonamides is 1. The topological polar surface area (TPSA) is 72.6 Å². The summed E-state index contributed by atoms with van der Waals surface area (Å²) in [7, 11) is -1.64. The number of nitrogens with zero attached hydrogens (tertiary/aromatic N) is 1. The Labute approximate surface area is 99.0 Å². The Kier molecular flexibility index (Phi) is 6.47. The van der Waals surface area contributed by atoms with Crippen LogP contribution in [0.5, 0.6) is 0 Å². The number of hydrogen-bond acceptors (Lipinski definition) is 4. The van der Waals surface area contributed by atoms with Gasteiger partial charge in [-0.1, -0.05) is 13.8 Å². The smallest absolute Gasteiger partial charge is 0.216 e. The van der Waals surface area contributed by atoms with Crippen LogP contribution in [0.2, 0.25) is 0 Å². The Bertz CT molecular complexity index is 288. The minimum atomic E-state index is -3.22. The summed E-state index contributed by atoms with van der Waals surface area (Å²) in [6, 6.07) is 0. The standard InChI is InChI=1S/C10H24N2O3S/c1-5-15-6-7-16(13,14)12(4)9-10(2,3)8-11/h5-9,11H2,1-4H3. The van der Waals surface area contributed by atoms with Gasteiger partial charge < -0.3 is 10.5 Å². The molecule has 0 saturated carbocycles. The summed E-state index contributed by atoms with van der Waals surface area (Å²) in [6.07, 6.45) is 0. The maximum absolute atomic E-state index is 11.8. The Hall–Kier alpha value is -0.170. The molecule has 0 saturated heterocycles. The molecular formula is C10H24N2O3S. The molecular weight excluding hydrogens is 228 g/mol. The first-order valence-electron chi connectivity index (χ1n) is 5.47. The van der Waals surface area contributed by atoms with Crippen molar-refractivity contribution in [2.45, 2.75) is 20.8 Å². The second-order valence-electron chi connectivity index (χ2n) is 4.64. The van der Waals surface area contributed by atoms with Crippen LogP contribution in [0, 0.1) is 5.41 Å². The number of ether oxygens (including phenoxy) is 1. The first-order valence-corrected chi connectivity index (χ1v) is 7.08. The van der Waals surface area contributed by atoms with E-state index >= 15 is 0 Å². The number of rotatable bonds is 8. The van der Waals surface area contributed by atoms with Gasteiger partial charge in [0.05, 0.1) is 12.4 Å². The van der Waals surface area contributed by atoms with Crippen LogP contribution in [0.15, 0.2) is 0 Å². The van der Waals surface area contributed by atoms with E-state index in [2.05, 4.69) is 0 Å². The Balaban J connectivity index is 4.30. The number of hydrogen-bond donors (Lipinski definition) is 1. The largest absolute Gasteiger partial charge is 0.381 e. The predicted molar refractivity (Wildman–Crippen MR) is 65.7 cm³/mol. The molecule has 5 nitrogen and oxygen atoms in total. The van der Waals surface area contributed by atoms with Crippen LogP contribution < -0.4 is 5.73 Å². The summed E-state index contributed by atoms with van der Waals surface area (Å²) in [5.74, 6) is 0.0258. The lowest BCUT2D eigenvalue weighted by Gasteiger charge is -2.28. The van der Waals surface area contributed by atoms with Gasteiger partial charge in [0.2, 0.25) is 10.0 Å². The van der Waals surface area contributed by atoms with Crippen molar-refractivity contribution in [2.75, 3.05) is 39.1 Å². The summed E-state index contributed by atoms with van der Waals surface area (Å²) in [6.45, 7) is 7.40. The molecule has 0 bridgehead atoms. The highest BCUT2D eigenvalue weighted by molar-refractivity contribution is 7.89. The zero-order chi connectivity index (χ0) is 12.8. The van der Waals surface area contributed by atoms with Gasteiger partial charge in [0, 0.05) is 20.2 Å². The molecule has 98 valence electrons. The van der Waals surface area contributed by atoms with Crippen LogP contribution in [0.3, 0.4) is 0 Å². The molecule has 0 aromatic rings. The third-order valence-electron chi connectivity index (χ3n) is 2.37. The highest BCUT2D eigenvalue weighted by Crippen LogP contribution is 2.15. The van der Waals surface area contributed by atoms with Gasteiger partial charge in [-0.05, 0) is 18.9 Å². The fourth-order valence-corrected chi connectivity index (χ4v) is 2.42. The molecule has 0 unspecified atom stereocenters. The summed E-state index contributed by atoms with van der Waals surface area (Å²) in [5, 5.41) is 0. The normalized spacial score (nSPS) is 13.4. The van der Waals surface area contributed by atoms with Crippen molar-refractivity contribution >= 4 is 10.0 Å². The lowest BCUT2D eigenvalue weighted by atomic mass is 9.94. The van der Waals surface area contributed by atoms with E-state index in [4.69, 9.17) is 10.5 Å². The van der Waals surface area contributed by atoms with Gasteiger partial charge in [-0.3, -0.25) is 0 Å². The van der Waals surface area contributed by atoms with E-state index in [1.165, 1.54) is 4.31 Å². The Morgan fingerprint density at radius 1 is 1.38 bits per heavy atom. The Morgan fingerprint density at radius 3 is 2.38 bits per heavy atom. The quantitative estimate of drug-likeness (QED) is 0.629. The minimum Gasteiger partial charge on any atom is -0.381 e. The molecule has 0 heterocycles. The number of nitrogens with two attached hydrogens (primary N) is 1. The fourth-order valence-electron chi connectivity index (χ4n) is 1.23. The molecule has 0 aromatic heterocycles. The average molecular weight is 252 g/mol. The van der Waals surface area contributed by atoms with E-state index in [1.807, 2.05) is 20.8 Å². The van der Waals surface area contributed by atoms with Crippen LogP contribution >= 0.6 is 0 Å². The molecule has 0 aliphatic rings. The molecule has 6 heteroatoms. The van der Waals surface area contributed by atoms with E-state index in [-0.39, 0.29) is 17.8 Å². The van der Waals surface area contributed by atoms with Crippen molar-refractivity contribution in [2.24, 2.45) is 11.1 Å². The van der Waals surface area contributed by atoms with Crippen LogP contribution in [-0.4, -0.2) is 51.8 Å². The second kappa shape index (κ2) is 6.54. The third kappa shape index (κ3) is 5.79. The fraction of sp³-hybridized carbons (Fsp3) is 1.00. The van der Waals surface area contributed by atoms with Crippen LogP contribution in [0.1, 0.15) is 20.8 Å². The van der Waals surface area contributed by atoms with Crippen LogP contribution in [-0.2, 0) is 14.8 Å². The molecule has 0 atom stereocenters. The van der Waals surface area contributed by atoms with Gasteiger partial charge in [-0.25, -0.2) is 12.7 Å². The van der Waals surface area contributed by atoms with Crippen molar-refractivity contribution in [3.63, 3.8) is 0 Å². The van der Waals surface area contributed by atoms with Crippen LogP contribution in [0.25, 0.3) is 0 Å². The van der Waals surface area contributed by atoms with E-state index in [0.29, 0.717) is 19.7 Å². The summed E-state index contributed by atoms with van der Waals surface area (Å²) < 4.78 is 30.0. The van der Waals surface area contributed by atoms with Gasteiger partial charge in [-0.15, -0.1) is 0 Å². The van der Waals surface area contributed by atoms with Gasteiger partial charge >= 0.3 is 0 Å². The zero-order valence-corrected chi connectivity index (χ0v) is 11.5. The van der Waals surface area contributed by atoms with Gasteiger partial charge in [0.15, 0.2) is 0 Å². The average Bonchev–Trinajstić information content (AvgIpc) is 2.17. The molecule has 16 heavy (non-hydrogen) atoms. The first-order chi connectivity index (χ1) is 7.25. The SMILES string of the molecule is CCOCCS(=O)(=O)N(C)CC(C)(C)CN. The van der Waals surface area contributed by atoms with E-state index in [0.717, 1.165) is 0 Å². The Morgan fingerprint density at radius 2 is 1.94 bits per heavy atom.